The van der Waals surface area contributed by atoms with Gasteiger partial charge in [-0.1, -0.05) is 524 Å². The molecule has 0 aliphatic heterocycles. The number of aromatic nitrogens is 3. The number of hydrogen-bond donors (Lipinski definition) is 0. The van der Waals surface area contributed by atoms with Gasteiger partial charge in [-0.2, -0.15) is 0 Å². The summed E-state index contributed by atoms with van der Waals surface area (Å²) in [5.74, 6) is 0. The Labute approximate surface area is 761 Å². The molecule has 0 unspecified atom stereocenters. The highest BCUT2D eigenvalue weighted by molar-refractivity contribution is 6.15. The quantitative estimate of drug-likeness (QED) is 0.112. The second kappa shape index (κ2) is 51.8. The molecule has 0 radical (unpaired) electrons. The lowest BCUT2D eigenvalue weighted by Crippen LogP contribution is -1.93. The molecule has 0 bridgehead atoms. The minimum Gasteiger partial charge on any atom is -0.248 e. The third kappa shape index (κ3) is 79.9. The Hall–Kier alpha value is -7.75. The Balaban J connectivity index is -0.00000132. The van der Waals surface area contributed by atoms with E-state index in [9.17, 15) is 0 Å². The predicted molar refractivity (Wildman–Crippen MR) is 574 cm³/mol. The summed E-state index contributed by atoms with van der Waals surface area (Å²) in [6, 6.07) is 74.2. The minimum atomic E-state index is 0.500. The van der Waals surface area contributed by atoms with E-state index in [1.165, 1.54) is 75.4 Å². The maximum absolute atomic E-state index is 4.88. The normalized spacial score (nSPS) is 11.7. The van der Waals surface area contributed by atoms with Gasteiger partial charge in [0.25, 0.3) is 0 Å². The van der Waals surface area contributed by atoms with Gasteiger partial charge in [0.05, 0.1) is 33.1 Å². The maximum atomic E-state index is 4.88. The molecule has 0 fully saturated rings. The van der Waals surface area contributed by atoms with Gasteiger partial charge in [0, 0.05) is 37.7 Å². The van der Waals surface area contributed by atoms with E-state index in [1.807, 2.05) is 12.1 Å². The Morgan fingerprint density at radius 1 is 0.122 bits per heavy atom. The molecule has 0 saturated heterocycles. The summed E-state index contributed by atoms with van der Waals surface area (Å²) < 4.78 is 0. The molecule has 0 spiro atoms. The van der Waals surface area contributed by atoms with Gasteiger partial charge < -0.3 is 0 Å². The van der Waals surface area contributed by atoms with Crippen LogP contribution >= 0.6 is 0 Å². The summed E-state index contributed by atoms with van der Waals surface area (Å²) in [7, 11) is 0. The zero-order valence-corrected chi connectivity index (χ0v) is 90.0. The highest BCUT2D eigenvalue weighted by atomic mass is 14.7. The molecule has 0 amide bonds. The van der Waals surface area contributed by atoms with Crippen LogP contribution < -0.4 is 0 Å². The van der Waals surface area contributed by atoms with Gasteiger partial charge in [0.15, 0.2) is 0 Å². The van der Waals surface area contributed by atoms with Crippen LogP contribution in [0.1, 0.15) is 360 Å². The van der Waals surface area contributed by atoms with Gasteiger partial charge in [-0.25, -0.2) is 15.0 Å². The van der Waals surface area contributed by atoms with Crippen molar-refractivity contribution in [3.8, 4) is 0 Å². The van der Waals surface area contributed by atoms with E-state index in [0.717, 1.165) is 33.1 Å². The van der Waals surface area contributed by atoms with Crippen molar-refractivity contribution in [2.24, 2.45) is 70.4 Å². The monoisotopic (exact) mass is 1670 g/mol. The molecule has 3 nitrogen and oxygen atoms in total. The fraction of sp³-hybridized carbons (Fsp3) is 0.542. The molecule has 686 valence electrons. The van der Waals surface area contributed by atoms with Gasteiger partial charge in [0.2, 0.25) is 0 Å². The highest BCUT2D eigenvalue weighted by Crippen LogP contribution is 2.33. The van der Waals surface area contributed by atoms with E-state index in [0.29, 0.717) is 70.4 Å². The number of hydrogen-bond acceptors (Lipinski definition) is 3. The average molecular weight is 1680 g/mol. The molecular weight excluding hydrogens is 1480 g/mol. The first-order valence-corrected chi connectivity index (χ1v) is 45.7. The molecule has 13 rings (SSSR count). The molecule has 3 heterocycles. The summed E-state index contributed by atoms with van der Waals surface area (Å²) in [5.41, 5.74) is 12.9. The van der Waals surface area contributed by atoms with E-state index in [4.69, 9.17) is 15.0 Å². The van der Waals surface area contributed by atoms with Crippen molar-refractivity contribution in [3.63, 3.8) is 0 Å². The van der Waals surface area contributed by atoms with Crippen LogP contribution in [0.2, 0.25) is 0 Å². The number of fused-ring (bicyclic) bond motifs is 14. The first kappa shape index (κ1) is 119. The molecule has 10 aromatic carbocycles. The van der Waals surface area contributed by atoms with Crippen molar-refractivity contribution in [2.45, 2.75) is 360 Å². The van der Waals surface area contributed by atoms with Crippen molar-refractivity contribution in [1.82, 2.24) is 15.0 Å². The summed E-state index contributed by atoms with van der Waals surface area (Å²) in [6.45, 7) is 114. The van der Waals surface area contributed by atoms with Gasteiger partial charge >= 0.3 is 0 Å². The third-order valence-electron chi connectivity index (χ3n) is 11.3. The van der Waals surface area contributed by atoms with Crippen LogP contribution in [-0.4, -0.2) is 15.0 Å². The Morgan fingerprint density at radius 2 is 0.285 bits per heavy atom. The Morgan fingerprint density at radius 3 is 0.537 bits per heavy atom. The van der Waals surface area contributed by atoms with Crippen LogP contribution in [0.15, 0.2) is 212 Å². The van der Waals surface area contributed by atoms with E-state index >= 15 is 0 Å². The predicted octanol–water partition coefficient (Wildman–Crippen LogP) is 41.5. The molecule has 123 heavy (non-hydrogen) atoms. The smallest absolute Gasteiger partial charge is 0.0788 e. The van der Waals surface area contributed by atoms with Crippen LogP contribution in [-0.2, 0) is 0 Å². The van der Waals surface area contributed by atoms with Crippen LogP contribution in [0, 0.1) is 70.4 Å². The van der Waals surface area contributed by atoms with Crippen molar-refractivity contribution in [3.05, 3.63) is 212 Å². The van der Waals surface area contributed by atoms with E-state index < -0.39 is 0 Å². The van der Waals surface area contributed by atoms with Gasteiger partial charge in [-0.05, 0) is 157 Å². The first-order chi connectivity index (χ1) is 54.7. The Bertz CT molecular complexity index is 4460. The van der Waals surface area contributed by atoms with Crippen molar-refractivity contribution >= 4 is 109 Å². The highest BCUT2D eigenvalue weighted by Gasteiger charge is 2.10. The second-order valence-corrected chi connectivity index (χ2v) is 53.8. The van der Waals surface area contributed by atoms with Crippen LogP contribution in [0.5, 0.6) is 0 Å². The van der Waals surface area contributed by atoms with Crippen LogP contribution in [0.25, 0.3) is 109 Å². The summed E-state index contributed by atoms with van der Waals surface area (Å²) >= 11 is 0. The fourth-order valence-corrected chi connectivity index (χ4v) is 8.38. The van der Waals surface area contributed by atoms with Gasteiger partial charge in [-0.3, -0.25) is 0 Å². The lowest BCUT2D eigenvalue weighted by Gasteiger charge is -2.08. The third-order valence-corrected chi connectivity index (χ3v) is 11.3. The zero-order valence-electron chi connectivity index (χ0n) is 90.0. The van der Waals surface area contributed by atoms with E-state index in [2.05, 4.69) is 560 Å². The molecule has 0 atom stereocenters. The molecule has 0 saturated carbocycles. The lowest BCUT2D eigenvalue weighted by atomic mass is 10.0. The summed E-state index contributed by atoms with van der Waals surface area (Å²) in [6.07, 6.45) is 0. The molecule has 0 aliphatic rings. The molecule has 3 heteroatoms. The number of rotatable bonds is 0. The Kier molecular flexibility index (Phi) is 50.2. The SMILES string of the molecule is CC(C)(C)C.CC(C)(C)C.CC(C)(C)C.CC(C)(C)C.CC(C)(C)C.CC(C)(C)C.CC(C)(C)C.CC(C)(C)C.CC(C)(C)C.CC(C)(C)C.CC(C)(C)C.CC(C)(C)C.CC(C)(C)C.c1ccc2c(c1)ccc1nc3ccc4ccccc4c3cc12.c1ccc2nc3c(ccc4ccccc43)cc2c1.c1ccc2nc3ccc4ccccc4c3cc2c1. The first-order valence-electron chi connectivity index (χ1n) is 45.7. The lowest BCUT2D eigenvalue weighted by molar-refractivity contribution is 0.469. The van der Waals surface area contributed by atoms with Crippen molar-refractivity contribution < 1.29 is 0 Å². The summed E-state index contributed by atoms with van der Waals surface area (Å²) in [4.78, 5) is 14.4. The molecule has 3 aromatic heterocycles. The van der Waals surface area contributed by atoms with E-state index in [-0.39, 0.29) is 0 Å². The largest absolute Gasteiger partial charge is 0.248 e. The number of pyridine rings is 3. The van der Waals surface area contributed by atoms with Crippen molar-refractivity contribution in [1.29, 1.82) is 0 Å². The molecule has 13 aromatic rings. The fourth-order valence-electron chi connectivity index (χ4n) is 8.38. The number of benzene rings is 10. The average Bonchev–Trinajstić information content (AvgIpc) is 0.774. The van der Waals surface area contributed by atoms with Gasteiger partial charge in [-0.15, -0.1) is 0 Å². The molecular formula is C120H191N3. The van der Waals surface area contributed by atoms with Crippen LogP contribution in [0.3, 0.4) is 0 Å². The topological polar surface area (TPSA) is 38.7 Å². The van der Waals surface area contributed by atoms with Crippen molar-refractivity contribution in [2.75, 3.05) is 0 Å². The minimum absolute atomic E-state index is 0.500. The summed E-state index contributed by atoms with van der Waals surface area (Å²) in [5, 5.41) is 17.3. The maximum Gasteiger partial charge on any atom is 0.0788 e. The van der Waals surface area contributed by atoms with Crippen LogP contribution in [0.4, 0.5) is 0 Å². The standard InChI is InChI=1S/C21H13N.2C17H11N.13C5H12/c1-3-7-16-14(5-1)9-11-20-18(16)13-19-17-8-4-2-6-15(17)10-12-21(19)22-20;1-3-7-15-12(5-1)9-10-14-11-13-6-2-4-8-16(13)18-17(14)15;1-3-7-14-12(5-1)9-10-17-15(14)11-13-6-2-4-8-16(13)18-17;13*1-5(2,3)4/h1-13H;2*1-11H;13*1-4H3. The zero-order chi connectivity index (χ0) is 96.9. The molecule has 0 aliphatic carbocycles. The number of para-hydroxylation sites is 2. The van der Waals surface area contributed by atoms with E-state index in [1.54, 1.807) is 0 Å². The number of nitrogens with zero attached hydrogens (tertiary/aromatic N) is 3. The second-order valence-electron chi connectivity index (χ2n) is 53.8. The molecule has 0 N–H and O–H groups in total. The van der Waals surface area contributed by atoms with Gasteiger partial charge in [0.1, 0.15) is 0 Å².